The summed E-state index contributed by atoms with van der Waals surface area (Å²) in [5, 5.41) is 3.78. The van der Waals surface area contributed by atoms with Crippen molar-refractivity contribution in [3.63, 3.8) is 0 Å². The van der Waals surface area contributed by atoms with E-state index in [1.165, 1.54) is 0 Å². The van der Waals surface area contributed by atoms with Gasteiger partial charge < -0.3 is 14.5 Å². The fraction of sp³-hybridized carbons (Fsp3) is 0.167. The van der Waals surface area contributed by atoms with Gasteiger partial charge in [-0.1, -0.05) is 54.1 Å². The van der Waals surface area contributed by atoms with E-state index in [9.17, 15) is 4.79 Å². The molecular weight excluding hydrogens is 400 g/mol. The Morgan fingerprint density at radius 2 is 1.80 bits per heavy atom. The van der Waals surface area contributed by atoms with Gasteiger partial charge in [0, 0.05) is 24.1 Å². The van der Waals surface area contributed by atoms with Crippen molar-refractivity contribution in [1.82, 2.24) is 10.3 Å². The molecule has 0 aliphatic carbocycles. The zero-order valence-electron chi connectivity index (χ0n) is 16.5. The molecule has 1 heterocycles. The average molecular weight is 421 g/mol. The van der Waals surface area contributed by atoms with Crippen molar-refractivity contribution in [2.24, 2.45) is 0 Å². The second-order valence-corrected chi connectivity index (χ2v) is 7.34. The molecule has 6 heteroatoms. The Balaban J connectivity index is 1.61. The Bertz CT molecular complexity index is 1140. The summed E-state index contributed by atoms with van der Waals surface area (Å²) in [6, 6.07) is 22.3. The standard InChI is InChI=1S/C24H21ClN2O3/c1-29-14-13-22-26-20-12-9-18(15-21(20)30-22)24(28)27-23(16-5-3-2-4-6-16)17-7-10-19(25)11-8-17/h2-12,15,23H,13-14H2,1H3,(H,27,28)/t23-/m1/s1. The molecule has 0 radical (unpaired) electrons. The number of nitrogens with zero attached hydrogens (tertiary/aromatic N) is 1. The minimum atomic E-state index is -0.307. The molecule has 0 saturated heterocycles. The second kappa shape index (κ2) is 9.11. The first-order chi connectivity index (χ1) is 14.6. The molecule has 30 heavy (non-hydrogen) atoms. The molecule has 0 saturated carbocycles. The van der Waals surface area contributed by atoms with E-state index in [4.69, 9.17) is 20.8 Å². The molecule has 1 aromatic heterocycles. The summed E-state index contributed by atoms with van der Waals surface area (Å²) in [6.07, 6.45) is 0.583. The minimum Gasteiger partial charge on any atom is -0.441 e. The average Bonchev–Trinajstić information content (AvgIpc) is 3.19. The van der Waals surface area contributed by atoms with Crippen LogP contribution in [-0.2, 0) is 11.2 Å². The van der Waals surface area contributed by atoms with Crippen LogP contribution in [0.15, 0.2) is 77.2 Å². The first kappa shape index (κ1) is 20.1. The van der Waals surface area contributed by atoms with Gasteiger partial charge in [-0.25, -0.2) is 4.98 Å². The predicted molar refractivity (Wildman–Crippen MR) is 117 cm³/mol. The molecule has 1 N–H and O–H groups in total. The van der Waals surface area contributed by atoms with E-state index in [1.54, 1.807) is 25.3 Å². The number of aromatic nitrogens is 1. The molecule has 0 bridgehead atoms. The smallest absolute Gasteiger partial charge is 0.252 e. The number of ether oxygens (including phenoxy) is 1. The number of fused-ring (bicyclic) bond motifs is 1. The molecule has 3 aromatic carbocycles. The van der Waals surface area contributed by atoms with E-state index in [0.29, 0.717) is 35.1 Å². The number of amides is 1. The Morgan fingerprint density at radius 1 is 1.07 bits per heavy atom. The first-order valence-corrected chi connectivity index (χ1v) is 10.0. The van der Waals surface area contributed by atoms with E-state index in [0.717, 1.165) is 16.6 Å². The molecule has 0 unspecified atom stereocenters. The van der Waals surface area contributed by atoms with E-state index in [2.05, 4.69) is 10.3 Å². The Labute approximate surface area is 179 Å². The van der Waals surface area contributed by atoms with E-state index in [-0.39, 0.29) is 11.9 Å². The van der Waals surface area contributed by atoms with Crippen LogP contribution in [0.5, 0.6) is 0 Å². The number of methoxy groups -OCH3 is 1. The van der Waals surface area contributed by atoms with Gasteiger partial charge in [0.25, 0.3) is 5.91 Å². The summed E-state index contributed by atoms with van der Waals surface area (Å²) in [4.78, 5) is 17.5. The summed E-state index contributed by atoms with van der Waals surface area (Å²) in [5.74, 6) is 0.392. The lowest BCUT2D eigenvalue weighted by Gasteiger charge is -2.20. The van der Waals surface area contributed by atoms with E-state index >= 15 is 0 Å². The van der Waals surface area contributed by atoms with Crippen molar-refractivity contribution in [1.29, 1.82) is 0 Å². The monoisotopic (exact) mass is 420 g/mol. The highest BCUT2D eigenvalue weighted by atomic mass is 35.5. The summed E-state index contributed by atoms with van der Waals surface area (Å²) < 4.78 is 10.8. The highest BCUT2D eigenvalue weighted by Gasteiger charge is 2.19. The zero-order valence-corrected chi connectivity index (χ0v) is 17.2. The Kier molecular flexibility index (Phi) is 6.12. The van der Waals surface area contributed by atoms with Crippen molar-refractivity contribution in [3.05, 3.63) is 100 Å². The normalized spacial score (nSPS) is 12.1. The van der Waals surface area contributed by atoms with E-state index < -0.39 is 0 Å². The maximum Gasteiger partial charge on any atom is 0.252 e. The summed E-state index contributed by atoms with van der Waals surface area (Å²) in [5.41, 5.74) is 3.73. The van der Waals surface area contributed by atoms with Crippen LogP contribution in [0.2, 0.25) is 5.02 Å². The molecule has 0 aliphatic heterocycles. The van der Waals surface area contributed by atoms with Gasteiger partial charge in [0.15, 0.2) is 11.5 Å². The number of rotatable bonds is 7. The van der Waals surface area contributed by atoms with Gasteiger partial charge in [-0.3, -0.25) is 4.79 Å². The first-order valence-electron chi connectivity index (χ1n) is 9.64. The molecule has 0 fully saturated rings. The molecule has 0 spiro atoms. The largest absolute Gasteiger partial charge is 0.441 e. The zero-order chi connectivity index (χ0) is 20.9. The van der Waals surface area contributed by atoms with E-state index in [1.807, 2.05) is 54.6 Å². The summed E-state index contributed by atoms with van der Waals surface area (Å²) in [6.45, 7) is 0.528. The molecule has 5 nitrogen and oxygen atoms in total. The maximum absolute atomic E-state index is 13.1. The second-order valence-electron chi connectivity index (χ2n) is 6.90. The van der Waals surface area contributed by atoms with Crippen LogP contribution >= 0.6 is 11.6 Å². The molecular formula is C24H21ClN2O3. The van der Waals surface area contributed by atoms with Gasteiger partial charge in [0.05, 0.1) is 12.6 Å². The van der Waals surface area contributed by atoms with Crippen molar-refractivity contribution >= 4 is 28.6 Å². The quantitative estimate of drug-likeness (QED) is 0.447. The SMILES string of the molecule is COCCc1nc2ccc(C(=O)N[C@H](c3ccccc3)c3ccc(Cl)cc3)cc2o1. The number of carbonyl (C=O) groups is 1. The van der Waals surface area contributed by atoms with Crippen LogP contribution in [-0.4, -0.2) is 24.6 Å². The van der Waals surface area contributed by atoms with Gasteiger partial charge in [-0.15, -0.1) is 0 Å². The van der Waals surface area contributed by atoms with Crippen molar-refractivity contribution in [2.75, 3.05) is 13.7 Å². The fourth-order valence-electron chi connectivity index (χ4n) is 3.28. The molecule has 0 aliphatic rings. The van der Waals surface area contributed by atoms with Gasteiger partial charge in [0.1, 0.15) is 5.52 Å². The molecule has 4 rings (SSSR count). The number of carbonyl (C=O) groups excluding carboxylic acids is 1. The number of hydrogen-bond acceptors (Lipinski definition) is 4. The third-order valence-electron chi connectivity index (χ3n) is 4.83. The van der Waals surface area contributed by atoms with Gasteiger partial charge in [0.2, 0.25) is 0 Å². The van der Waals surface area contributed by atoms with Gasteiger partial charge in [-0.05, 0) is 41.5 Å². The number of oxazole rings is 1. The predicted octanol–water partition coefficient (Wildman–Crippen LogP) is 5.19. The maximum atomic E-state index is 13.1. The lowest BCUT2D eigenvalue weighted by molar-refractivity contribution is 0.0943. The lowest BCUT2D eigenvalue weighted by atomic mass is 9.98. The lowest BCUT2D eigenvalue weighted by Crippen LogP contribution is -2.29. The topological polar surface area (TPSA) is 64.4 Å². The van der Waals surface area contributed by atoms with Crippen molar-refractivity contribution < 1.29 is 13.9 Å². The van der Waals surface area contributed by atoms with Gasteiger partial charge >= 0.3 is 0 Å². The van der Waals surface area contributed by atoms with Crippen LogP contribution in [0.25, 0.3) is 11.1 Å². The molecule has 1 amide bonds. The summed E-state index contributed by atoms with van der Waals surface area (Å²) >= 11 is 6.04. The third kappa shape index (κ3) is 4.53. The number of halogens is 1. The van der Waals surface area contributed by atoms with Crippen LogP contribution in [0.1, 0.15) is 33.4 Å². The Morgan fingerprint density at radius 3 is 2.53 bits per heavy atom. The highest BCUT2D eigenvalue weighted by Crippen LogP contribution is 2.25. The molecule has 1 atom stereocenters. The Hall–Kier alpha value is -3.15. The van der Waals surface area contributed by atoms with Crippen LogP contribution in [0.4, 0.5) is 0 Å². The van der Waals surface area contributed by atoms with Gasteiger partial charge in [-0.2, -0.15) is 0 Å². The number of hydrogen-bond donors (Lipinski definition) is 1. The van der Waals surface area contributed by atoms with Crippen LogP contribution < -0.4 is 5.32 Å². The number of nitrogens with one attached hydrogen (secondary N) is 1. The molecule has 4 aromatic rings. The molecule has 152 valence electrons. The fourth-order valence-corrected chi connectivity index (χ4v) is 3.41. The minimum absolute atomic E-state index is 0.199. The van der Waals surface area contributed by atoms with Crippen molar-refractivity contribution in [2.45, 2.75) is 12.5 Å². The number of benzene rings is 3. The highest BCUT2D eigenvalue weighted by molar-refractivity contribution is 6.30. The van der Waals surface area contributed by atoms with Crippen molar-refractivity contribution in [3.8, 4) is 0 Å². The van der Waals surface area contributed by atoms with Crippen LogP contribution in [0, 0.1) is 0 Å². The third-order valence-corrected chi connectivity index (χ3v) is 5.08. The van der Waals surface area contributed by atoms with Crippen LogP contribution in [0.3, 0.4) is 0 Å². The summed E-state index contributed by atoms with van der Waals surface area (Å²) in [7, 11) is 1.63.